The van der Waals surface area contributed by atoms with E-state index in [0.717, 1.165) is 11.8 Å². The van der Waals surface area contributed by atoms with Crippen molar-refractivity contribution >= 4 is 21.7 Å². The first-order chi connectivity index (χ1) is 10.4. The second-order valence-corrected chi connectivity index (χ2v) is 6.79. The Morgan fingerprint density at radius 3 is 2.36 bits per heavy atom. The highest BCUT2D eigenvalue weighted by atomic mass is 32.2. The molecular weight excluding hydrogens is 300 g/mol. The summed E-state index contributed by atoms with van der Waals surface area (Å²) in [4.78, 5) is 12.3. The first kappa shape index (κ1) is 16.0. The van der Waals surface area contributed by atoms with Crippen LogP contribution in [-0.2, 0) is 9.84 Å². The zero-order chi connectivity index (χ0) is 16.2. The molecule has 5 heteroatoms. The molecule has 0 heterocycles. The van der Waals surface area contributed by atoms with Gasteiger partial charge in [-0.25, -0.2) is 8.42 Å². The van der Waals surface area contributed by atoms with Gasteiger partial charge in [-0.15, -0.1) is 0 Å². The maximum absolute atomic E-state index is 12.1. The van der Waals surface area contributed by atoms with E-state index in [1.807, 2.05) is 24.3 Å². The van der Waals surface area contributed by atoms with Crippen molar-refractivity contribution in [3.8, 4) is 5.75 Å². The Morgan fingerprint density at radius 2 is 1.77 bits per heavy atom. The maximum Gasteiger partial charge on any atom is 0.185 e. The molecule has 114 valence electrons. The van der Waals surface area contributed by atoms with Crippen molar-refractivity contribution in [2.24, 2.45) is 0 Å². The number of hydrogen-bond donors (Lipinski definition) is 0. The number of hydrogen-bond acceptors (Lipinski definition) is 4. The number of methoxy groups -OCH3 is 1. The third kappa shape index (κ3) is 4.05. The van der Waals surface area contributed by atoms with Crippen LogP contribution in [0.2, 0.25) is 0 Å². The molecule has 0 fully saturated rings. The summed E-state index contributed by atoms with van der Waals surface area (Å²) in [7, 11) is -1.67. The van der Waals surface area contributed by atoms with Crippen LogP contribution in [0.1, 0.15) is 15.9 Å². The molecule has 2 aromatic rings. The van der Waals surface area contributed by atoms with Crippen LogP contribution >= 0.6 is 0 Å². The van der Waals surface area contributed by atoms with Crippen LogP contribution in [0, 0.1) is 0 Å². The van der Waals surface area contributed by atoms with Gasteiger partial charge in [0.1, 0.15) is 5.75 Å². The van der Waals surface area contributed by atoms with Crippen molar-refractivity contribution in [1.29, 1.82) is 0 Å². The van der Waals surface area contributed by atoms with Gasteiger partial charge in [-0.2, -0.15) is 0 Å². The van der Waals surface area contributed by atoms with E-state index in [2.05, 4.69) is 0 Å². The summed E-state index contributed by atoms with van der Waals surface area (Å²) in [5.74, 6) is 0.523. The van der Waals surface area contributed by atoms with Crippen molar-refractivity contribution in [2.75, 3.05) is 13.4 Å². The monoisotopic (exact) mass is 316 g/mol. The van der Waals surface area contributed by atoms with Gasteiger partial charge in [0.05, 0.1) is 12.0 Å². The number of carbonyl (C=O) groups is 1. The molecule has 0 spiro atoms. The predicted molar refractivity (Wildman–Crippen MR) is 85.9 cm³/mol. The minimum absolute atomic E-state index is 0.192. The van der Waals surface area contributed by atoms with E-state index in [-0.39, 0.29) is 10.7 Å². The summed E-state index contributed by atoms with van der Waals surface area (Å²) >= 11 is 0. The molecule has 4 nitrogen and oxygen atoms in total. The Bertz CT molecular complexity index is 803. The molecule has 22 heavy (non-hydrogen) atoms. The molecule has 0 amide bonds. The van der Waals surface area contributed by atoms with Gasteiger partial charge in [0.15, 0.2) is 15.6 Å². The fourth-order valence-electron chi connectivity index (χ4n) is 1.88. The summed E-state index contributed by atoms with van der Waals surface area (Å²) in [5, 5.41) is 0. The second-order valence-electron chi connectivity index (χ2n) is 4.77. The van der Waals surface area contributed by atoms with E-state index in [1.54, 1.807) is 13.2 Å². The first-order valence-electron chi connectivity index (χ1n) is 6.57. The Kier molecular flexibility index (Phi) is 4.78. The molecule has 2 rings (SSSR count). The minimum Gasteiger partial charge on any atom is -0.497 e. The van der Waals surface area contributed by atoms with Gasteiger partial charge in [0.2, 0.25) is 0 Å². The number of ether oxygens (including phenoxy) is 1. The van der Waals surface area contributed by atoms with Crippen molar-refractivity contribution in [2.45, 2.75) is 4.90 Å². The van der Waals surface area contributed by atoms with Gasteiger partial charge in [-0.1, -0.05) is 18.2 Å². The second kappa shape index (κ2) is 6.58. The lowest BCUT2D eigenvalue weighted by molar-refractivity contribution is 0.104. The Balaban J connectivity index is 2.16. The number of benzene rings is 2. The van der Waals surface area contributed by atoms with Gasteiger partial charge >= 0.3 is 0 Å². The van der Waals surface area contributed by atoms with E-state index in [0.29, 0.717) is 11.3 Å². The number of ketones is 1. The maximum atomic E-state index is 12.1. The lowest BCUT2D eigenvalue weighted by Crippen LogP contribution is -1.99. The lowest BCUT2D eigenvalue weighted by Gasteiger charge is -2.01. The van der Waals surface area contributed by atoms with E-state index in [1.165, 1.54) is 30.3 Å². The van der Waals surface area contributed by atoms with Crippen LogP contribution in [0.5, 0.6) is 5.75 Å². The van der Waals surface area contributed by atoms with E-state index in [9.17, 15) is 13.2 Å². The molecule has 0 aliphatic rings. The lowest BCUT2D eigenvalue weighted by atomic mass is 10.1. The molecule has 0 N–H and O–H groups in total. The molecule has 0 aromatic heterocycles. The molecular formula is C17H16O4S. The zero-order valence-electron chi connectivity index (χ0n) is 12.3. The highest BCUT2D eigenvalue weighted by Gasteiger charge is 2.08. The quantitative estimate of drug-likeness (QED) is 0.628. The molecule has 0 unspecified atom stereocenters. The fraction of sp³-hybridized carbons (Fsp3) is 0.118. The van der Waals surface area contributed by atoms with E-state index in [4.69, 9.17) is 4.74 Å². The van der Waals surface area contributed by atoms with Crippen LogP contribution in [0.15, 0.2) is 59.5 Å². The summed E-state index contributed by atoms with van der Waals surface area (Å²) in [6.45, 7) is 0. The average molecular weight is 316 g/mol. The Hall–Kier alpha value is -2.40. The van der Waals surface area contributed by atoms with Crippen molar-refractivity contribution < 1.29 is 17.9 Å². The molecule has 0 bridgehead atoms. The minimum atomic E-state index is -3.25. The highest BCUT2D eigenvalue weighted by Crippen LogP contribution is 2.15. The Morgan fingerprint density at radius 1 is 1.09 bits per heavy atom. The highest BCUT2D eigenvalue weighted by molar-refractivity contribution is 7.90. The predicted octanol–water partition coefficient (Wildman–Crippen LogP) is 2.99. The van der Waals surface area contributed by atoms with Gasteiger partial charge in [-0.3, -0.25) is 4.79 Å². The topological polar surface area (TPSA) is 60.4 Å². The molecule has 0 aliphatic carbocycles. The number of carbonyl (C=O) groups excluding carboxylic acids is 1. The van der Waals surface area contributed by atoms with Gasteiger partial charge in [-0.05, 0) is 48.0 Å². The molecule has 2 aromatic carbocycles. The van der Waals surface area contributed by atoms with Crippen LogP contribution in [0.4, 0.5) is 0 Å². The van der Waals surface area contributed by atoms with Crippen LogP contribution in [-0.4, -0.2) is 27.6 Å². The van der Waals surface area contributed by atoms with Crippen LogP contribution in [0.25, 0.3) is 6.08 Å². The standard InChI is InChI=1S/C17H16O4S/c1-21-15-5-3-4-13(12-15)6-11-17(18)14-7-9-16(10-8-14)22(2,19)20/h3-12H,1-2H3/b11-6+. The Labute approximate surface area is 130 Å². The normalized spacial score (nSPS) is 11.5. The van der Waals surface area contributed by atoms with E-state index < -0.39 is 9.84 Å². The SMILES string of the molecule is COc1cccc(/C=C/C(=O)c2ccc(S(C)(=O)=O)cc2)c1. The summed E-state index contributed by atoms with van der Waals surface area (Å²) in [5.41, 5.74) is 1.28. The van der Waals surface area contributed by atoms with Crippen molar-refractivity contribution in [1.82, 2.24) is 0 Å². The molecule has 0 atom stereocenters. The number of sulfone groups is 1. The third-order valence-electron chi connectivity index (χ3n) is 3.09. The smallest absolute Gasteiger partial charge is 0.185 e. The molecule has 0 radical (unpaired) electrons. The average Bonchev–Trinajstić information content (AvgIpc) is 2.52. The number of rotatable bonds is 5. The fourth-order valence-corrected chi connectivity index (χ4v) is 2.51. The van der Waals surface area contributed by atoms with Crippen molar-refractivity contribution in [3.05, 3.63) is 65.7 Å². The van der Waals surface area contributed by atoms with E-state index >= 15 is 0 Å². The molecule has 0 saturated heterocycles. The summed E-state index contributed by atoms with van der Waals surface area (Å²) in [6.07, 6.45) is 4.27. The summed E-state index contributed by atoms with van der Waals surface area (Å²) < 4.78 is 27.9. The number of allylic oxidation sites excluding steroid dienone is 1. The third-order valence-corrected chi connectivity index (χ3v) is 4.22. The first-order valence-corrected chi connectivity index (χ1v) is 8.46. The van der Waals surface area contributed by atoms with Crippen LogP contribution < -0.4 is 4.74 Å². The molecule has 0 aliphatic heterocycles. The summed E-state index contributed by atoms with van der Waals surface area (Å²) in [6, 6.07) is 13.2. The van der Waals surface area contributed by atoms with Gasteiger partial charge in [0.25, 0.3) is 0 Å². The van der Waals surface area contributed by atoms with Gasteiger partial charge < -0.3 is 4.74 Å². The van der Waals surface area contributed by atoms with Gasteiger partial charge in [0, 0.05) is 11.8 Å². The largest absolute Gasteiger partial charge is 0.497 e. The van der Waals surface area contributed by atoms with Crippen LogP contribution in [0.3, 0.4) is 0 Å². The zero-order valence-corrected chi connectivity index (χ0v) is 13.1. The molecule has 0 saturated carbocycles. The van der Waals surface area contributed by atoms with Crippen molar-refractivity contribution in [3.63, 3.8) is 0 Å².